The van der Waals surface area contributed by atoms with E-state index in [2.05, 4.69) is 0 Å². The molecule has 0 aliphatic carbocycles. The Morgan fingerprint density at radius 2 is 2.36 bits per heavy atom. The molecule has 3 atom stereocenters. The van der Waals surface area contributed by atoms with Crippen LogP contribution in [0.2, 0.25) is 0 Å². The lowest BCUT2D eigenvalue weighted by atomic mass is 10.3. The van der Waals surface area contributed by atoms with E-state index < -0.39 is 6.29 Å². The molecule has 66 valence electrons. The van der Waals surface area contributed by atoms with Crippen LogP contribution in [0.4, 0.5) is 0 Å². The zero-order chi connectivity index (χ0) is 8.27. The van der Waals surface area contributed by atoms with E-state index in [9.17, 15) is 5.11 Å². The molecule has 0 aromatic heterocycles. The van der Waals surface area contributed by atoms with Gasteiger partial charge in [0.05, 0.1) is 19.3 Å². The van der Waals surface area contributed by atoms with Crippen LogP contribution in [0.1, 0.15) is 6.92 Å². The molecule has 1 aliphatic rings. The Morgan fingerprint density at radius 1 is 1.64 bits per heavy atom. The van der Waals surface area contributed by atoms with Gasteiger partial charge in [-0.05, 0) is 6.92 Å². The van der Waals surface area contributed by atoms with Gasteiger partial charge in [0.2, 0.25) is 0 Å². The molecule has 0 aromatic carbocycles. The summed E-state index contributed by atoms with van der Waals surface area (Å²) in [5, 5.41) is 9.19. The average molecular weight is 162 g/mol. The Kier molecular flexibility index (Phi) is 3.26. The summed E-state index contributed by atoms with van der Waals surface area (Å²) in [5.41, 5.74) is 0. The SMILES string of the molecule is COCC1OC(C)COC1O. The van der Waals surface area contributed by atoms with E-state index in [-0.39, 0.29) is 12.2 Å². The third-order valence-electron chi connectivity index (χ3n) is 1.56. The van der Waals surface area contributed by atoms with Gasteiger partial charge < -0.3 is 19.3 Å². The summed E-state index contributed by atoms with van der Waals surface area (Å²) >= 11 is 0. The molecule has 1 heterocycles. The number of aliphatic hydroxyl groups is 1. The van der Waals surface area contributed by atoms with Crippen molar-refractivity contribution < 1.29 is 19.3 Å². The normalized spacial score (nSPS) is 39.0. The molecule has 0 aromatic rings. The molecular formula is C7H14O4. The van der Waals surface area contributed by atoms with Crippen LogP contribution >= 0.6 is 0 Å². The van der Waals surface area contributed by atoms with Gasteiger partial charge in [0.15, 0.2) is 6.29 Å². The summed E-state index contributed by atoms with van der Waals surface area (Å²) in [6, 6.07) is 0. The molecule has 0 bridgehead atoms. The van der Waals surface area contributed by atoms with Crippen LogP contribution in [0.25, 0.3) is 0 Å². The molecule has 0 radical (unpaired) electrons. The minimum absolute atomic E-state index is 0.0403. The maximum absolute atomic E-state index is 9.19. The van der Waals surface area contributed by atoms with Gasteiger partial charge in [-0.1, -0.05) is 0 Å². The van der Waals surface area contributed by atoms with Crippen LogP contribution in [0.5, 0.6) is 0 Å². The highest BCUT2D eigenvalue weighted by atomic mass is 16.7. The molecule has 1 saturated heterocycles. The number of methoxy groups -OCH3 is 1. The third kappa shape index (κ3) is 2.41. The first-order valence-corrected chi connectivity index (χ1v) is 3.68. The second kappa shape index (κ2) is 4.01. The van der Waals surface area contributed by atoms with Crippen molar-refractivity contribution in [2.24, 2.45) is 0 Å². The highest BCUT2D eigenvalue weighted by Gasteiger charge is 2.28. The molecular weight excluding hydrogens is 148 g/mol. The summed E-state index contributed by atoms with van der Waals surface area (Å²) < 4.78 is 15.2. The largest absolute Gasteiger partial charge is 0.382 e. The van der Waals surface area contributed by atoms with Crippen LogP contribution in [0.15, 0.2) is 0 Å². The molecule has 4 heteroatoms. The van der Waals surface area contributed by atoms with Crippen molar-refractivity contribution in [1.29, 1.82) is 0 Å². The summed E-state index contributed by atoms with van der Waals surface area (Å²) in [5.74, 6) is 0. The Morgan fingerprint density at radius 3 is 3.00 bits per heavy atom. The van der Waals surface area contributed by atoms with Crippen molar-refractivity contribution in [2.75, 3.05) is 20.3 Å². The van der Waals surface area contributed by atoms with E-state index in [1.54, 1.807) is 7.11 Å². The number of aliphatic hydroxyl groups excluding tert-OH is 1. The average Bonchev–Trinajstić information content (AvgIpc) is 1.98. The number of rotatable bonds is 2. The summed E-state index contributed by atoms with van der Waals surface area (Å²) in [4.78, 5) is 0. The highest BCUT2D eigenvalue weighted by molar-refractivity contribution is 4.67. The van der Waals surface area contributed by atoms with Crippen molar-refractivity contribution in [2.45, 2.75) is 25.4 Å². The van der Waals surface area contributed by atoms with E-state index >= 15 is 0 Å². The Bertz CT molecular complexity index is 117. The maximum atomic E-state index is 9.19. The van der Waals surface area contributed by atoms with Gasteiger partial charge in [0.1, 0.15) is 6.10 Å². The fourth-order valence-corrected chi connectivity index (χ4v) is 1.03. The maximum Gasteiger partial charge on any atom is 0.183 e. The number of ether oxygens (including phenoxy) is 3. The summed E-state index contributed by atoms with van der Waals surface area (Å²) in [7, 11) is 1.56. The van der Waals surface area contributed by atoms with Crippen LogP contribution in [-0.2, 0) is 14.2 Å². The molecule has 1 rings (SSSR count). The molecule has 1 fully saturated rings. The molecule has 1 aliphatic heterocycles. The second-order valence-electron chi connectivity index (χ2n) is 2.66. The summed E-state index contributed by atoms with van der Waals surface area (Å²) in [6.45, 7) is 2.71. The molecule has 0 saturated carbocycles. The fourth-order valence-electron chi connectivity index (χ4n) is 1.03. The Labute approximate surface area is 66.1 Å². The fraction of sp³-hybridized carbons (Fsp3) is 1.00. The lowest BCUT2D eigenvalue weighted by molar-refractivity contribution is -0.257. The van der Waals surface area contributed by atoms with Crippen LogP contribution < -0.4 is 0 Å². The van der Waals surface area contributed by atoms with E-state index in [1.807, 2.05) is 6.92 Å². The van der Waals surface area contributed by atoms with Crippen molar-refractivity contribution in [3.63, 3.8) is 0 Å². The van der Waals surface area contributed by atoms with Crippen LogP contribution in [-0.4, -0.2) is 43.9 Å². The van der Waals surface area contributed by atoms with E-state index in [4.69, 9.17) is 14.2 Å². The van der Waals surface area contributed by atoms with Crippen molar-refractivity contribution in [1.82, 2.24) is 0 Å². The topological polar surface area (TPSA) is 47.9 Å². The first kappa shape index (κ1) is 8.93. The predicted molar refractivity (Wildman–Crippen MR) is 38.2 cm³/mol. The van der Waals surface area contributed by atoms with Gasteiger partial charge in [0.25, 0.3) is 0 Å². The zero-order valence-corrected chi connectivity index (χ0v) is 6.82. The van der Waals surface area contributed by atoms with Gasteiger partial charge in [0, 0.05) is 7.11 Å². The molecule has 11 heavy (non-hydrogen) atoms. The van der Waals surface area contributed by atoms with Crippen LogP contribution in [0.3, 0.4) is 0 Å². The number of hydrogen-bond donors (Lipinski definition) is 1. The molecule has 1 N–H and O–H groups in total. The van der Waals surface area contributed by atoms with Crippen molar-refractivity contribution >= 4 is 0 Å². The highest BCUT2D eigenvalue weighted by Crippen LogP contribution is 2.12. The molecule has 4 nitrogen and oxygen atoms in total. The first-order chi connectivity index (χ1) is 5.24. The van der Waals surface area contributed by atoms with Gasteiger partial charge in [-0.2, -0.15) is 0 Å². The minimum atomic E-state index is -0.842. The Balaban J connectivity index is 2.34. The van der Waals surface area contributed by atoms with Crippen LogP contribution in [0, 0.1) is 0 Å². The number of hydrogen-bond acceptors (Lipinski definition) is 4. The van der Waals surface area contributed by atoms with Crippen molar-refractivity contribution in [3.8, 4) is 0 Å². The molecule has 3 unspecified atom stereocenters. The zero-order valence-electron chi connectivity index (χ0n) is 6.82. The minimum Gasteiger partial charge on any atom is -0.382 e. The molecule has 0 amide bonds. The first-order valence-electron chi connectivity index (χ1n) is 3.68. The van der Waals surface area contributed by atoms with E-state index in [1.165, 1.54) is 0 Å². The predicted octanol–water partition coefficient (Wildman–Crippen LogP) is -0.245. The van der Waals surface area contributed by atoms with Gasteiger partial charge in [-0.3, -0.25) is 0 Å². The van der Waals surface area contributed by atoms with Gasteiger partial charge >= 0.3 is 0 Å². The smallest absolute Gasteiger partial charge is 0.183 e. The monoisotopic (exact) mass is 162 g/mol. The lowest BCUT2D eigenvalue weighted by Crippen LogP contribution is -2.44. The van der Waals surface area contributed by atoms with Crippen molar-refractivity contribution in [3.05, 3.63) is 0 Å². The van der Waals surface area contributed by atoms with E-state index in [0.29, 0.717) is 13.2 Å². The molecule has 0 spiro atoms. The lowest BCUT2D eigenvalue weighted by Gasteiger charge is -2.31. The quantitative estimate of drug-likeness (QED) is 0.608. The Hall–Kier alpha value is -0.160. The van der Waals surface area contributed by atoms with Gasteiger partial charge in [-0.25, -0.2) is 0 Å². The van der Waals surface area contributed by atoms with E-state index in [0.717, 1.165) is 0 Å². The van der Waals surface area contributed by atoms with Gasteiger partial charge in [-0.15, -0.1) is 0 Å². The second-order valence-corrected chi connectivity index (χ2v) is 2.66. The third-order valence-corrected chi connectivity index (χ3v) is 1.56. The standard InChI is InChI=1S/C7H14O4/c1-5-3-10-7(8)6(11-5)4-9-2/h5-8H,3-4H2,1-2H3. The summed E-state index contributed by atoms with van der Waals surface area (Å²) in [6.07, 6.45) is -1.14.